The van der Waals surface area contributed by atoms with Gasteiger partial charge in [-0.1, -0.05) is 24.9 Å². The molecule has 0 radical (unpaired) electrons. The molecule has 1 aliphatic carbocycles. The summed E-state index contributed by atoms with van der Waals surface area (Å²) in [5, 5.41) is 15.4. The first kappa shape index (κ1) is 15.6. The monoisotopic (exact) mass is 314 g/mol. The van der Waals surface area contributed by atoms with Crippen molar-refractivity contribution in [2.24, 2.45) is 0 Å². The summed E-state index contributed by atoms with van der Waals surface area (Å²) >= 11 is 8.11. The van der Waals surface area contributed by atoms with Crippen LogP contribution in [0.5, 0.6) is 0 Å². The Morgan fingerprint density at radius 1 is 1.50 bits per heavy atom. The molecule has 1 aromatic rings. The molecule has 0 saturated heterocycles. The summed E-state index contributed by atoms with van der Waals surface area (Å²) in [6.07, 6.45) is 3.73. The molecular formula is C14H19ClN2O2S. The Morgan fingerprint density at radius 2 is 2.30 bits per heavy atom. The lowest BCUT2D eigenvalue weighted by Gasteiger charge is -2.20. The van der Waals surface area contributed by atoms with Gasteiger partial charge >= 0.3 is 0 Å². The molecule has 0 aromatic heterocycles. The Kier molecular flexibility index (Phi) is 5.69. The van der Waals surface area contributed by atoms with Crippen molar-refractivity contribution < 1.29 is 4.92 Å². The third-order valence-electron chi connectivity index (χ3n) is 3.64. The van der Waals surface area contributed by atoms with E-state index in [0.717, 1.165) is 11.3 Å². The predicted octanol–water partition coefficient (Wildman–Crippen LogP) is 4.01. The maximum atomic E-state index is 10.7. The minimum atomic E-state index is -0.423. The van der Waals surface area contributed by atoms with Gasteiger partial charge in [0.1, 0.15) is 0 Å². The number of halogens is 1. The van der Waals surface area contributed by atoms with Crippen molar-refractivity contribution in [1.29, 1.82) is 0 Å². The van der Waals surface area contributed by atoms with Crippen LogP contribution in [0.3, 0.4) is 0 Å². The zero-order chi connectivity index (χ0) is 14.5. The van der Waals surface area contributed by atoms with Crippen LogP contribution in [0.4, 0.5) is 5.69 Å². The highest BCUT2D eigenvalue weighted by molar-refractivity contribution is 7.99. The van der Waals surface area contributed by atoms with Crippen LogP contribution < -0.4 is 5.32 Å². The molecule has 6 heteroatoms. The molecule has 1 saturated carbocycles. The topological polar surface area (TPSA) is 55.2 Å². The van der Waals surface area contributed by atoms with Crippen molar-refractivity contribution in [2.75, 3.05) is 5.75 Å². The molecule has 2 atom stereocenters. The molecule has 0 heterocycles. The van der Waals surface area contributed by atoms with E-state index < -0.39 is 4.92 Å². The SMILES string of the molecule is CCSC1CCCC1NCc1ccc([N+](=O)[O-])cc1Cl. The van der Waals surface area contributed by atoms with Crippen molar-refractivity contribution in [1.82, 2.24) is 5.32 Å². The van der Waals surface area contributed by atoms with Crippen molar-refractivity contribution in [3.8, 4) is 0 Å². The van der Waals surface area contributed by atoms with Gasteiger partial charge < -0.3 is 5.32 Å². The number of benzene rings is 1. The maximum absolute atomic E-state index is 10.7. The summed E-state index contributed by atoms with van der Waals surface area (Å²) in [5.41, 5.74) is 0.962. The third kappa shape index (κ3) is 3.87. The fraction of sp³-hybridized carbons (Fsp3) is 0.571. The van der Waals surface area contributed by atoms with E-state index in [1.54, 1.807) is 6.07 Å². The Labute approximate surface area is 128 Å². The van der Waals surface area contributed by atoms with Crippen LogP contribution >= 0.6 is 23.4 Å². The molecule has 20 heavy (non-hydrogen) atoms. The van der Waals surface area contributed by atoms with Crippen molar-refractivity contribution >= 4 is 29.1 Å². The number of nitrogens with one attached hydrogen (secondary N) is 1. The molecular weight excluding hydrogens is 296 g/mol. The zero-order valence-corrected chi connectivity index (χ0v) is 13.0. The van der Waals surface area contributed by atoms with E-state index >= 15 is 0 Å². The molecule has 1 N–H and O–H groups in total. The summed E-state index contributed by atoms with van der Waals surface area (Å²) in [7, 11) is 0. The number of nitro groups is 1. The van der Waals surface area contributed by atoms with E-state index in [4.69, 9.17) is 11.6 Å². The lowest BCUT2D eigenvalue weighted by atomic mass is 10.1. The number of rotatable bonds is 6. The van der Waals surface area contributed by atoms with Crippen LogP contribution in [0.1, 0.15) is 31.7 Å². The van der Waals surface area contributed by atoms with Gasteiger partial charge in [0.15, 0.2) is 0 Å². The Bertz CT molecular complexity index is 484. The van der Waals surface area contributed by atoms with E-state index in [9.17, 15) is 10.1 Å². The highest BCUT2D eigenvalue weighted by atomic mass is 35.5. The summed E-state index contributed by atoms with van der Waals surface area (Å²) in [5.74, 6) is 1.14. The highest BCUT2D eigenvalue weighted by Gasteiger charge is 2.26. The normalized spacial score (nSPS) is 22.1. The van der Waals surface area contributed by atoms with Crippen LogP contribution in [-0.2, 0) is 6.54 Å². The van der Waals surface area contributed by atoms with Gasteiger partial charge in [0.25, 0.3) is 5.69 Å². The second-order valence-corrected chi connectivity index (χ2v) is 6.87. The largest absolute Gasteiger partial charge is 0.309 e. The van der Waals surface area contributed by atoms with Crippen LogP contribution in [0.25, 0.3) is 0 Å². The quantitative estimate of drug-likeness (QED) is 0.636. The Balaban J connectivity index is 1.95. The number of hydrogen-bond acceptors (Lipinski definition) is 4. The van der Waals surface area contributed by atoms with Crippen LogP contribution in [0, 0.1) is 10.1 Å². The zero-order valence-electron chi connectivity index (χ0n) is 11.5. The van der Waals surface area contributed by atoms with Crippen molar-refractivity contribution in [2.45, 2.75) is 44.0 Å². The number of nitrogens with zero attached hydrogens (tertiary/aromatic N) is 1. The number of hydrogen-bond donors (Lipinski definition) is 1. The molecule has 1 aromatic carbocycles. The molecule has 0 aliphatic heterocycles. The lowest BCUT2D eigenvalue weighted by Crippen LogP contribution is -2.33. The van der Waals surface area contributed by atoms with Gasteiger partial charge in [0.05, 0.1) is 9.95 Å². The summed E-state index contributed by atoms with van der Waals surface area (Å²) in [4.78, 5) is 10.3. The molecule has 1 aliphatic rings. The fourth-order valence-corrected chi connectivity index (χ4v) is 4.08. The molecule has 0 amide bonds. The molecule has 0 spiro atoms. The van der Waals surface area contributed by atoms with Crippen LogP contribution in [-0.4, -0.2) is 22.0 Å². The molecule has 4 nitrogen and oxygen atoms in total. The molecule has 1 fully saturated rings. The number of thioether (sulfide) groups is 1. The minimum Gasteiger partial charge on any atom is -0.309 e. The second kappa shape index (κ2) is 7.29. The van der Waals surface area contributed by atoms with Crippen molar-refractivity contribution in [3.63, 3.8) is 0 Å². The second-order valence-electron chi connectivity index (χ2n) is 4.94. The molecule has 2 unspecified atom stereocenters. The first-order valence-electron chi connectivity index (χ1n) is 6.89. The smallest absolute Gasteiger partial charge is 0.270 e. The van der Waals surface area contributed by atoms with Gasteiger partial charge in [-0.15, -0.1) is 0 Å². The average molecular weight is 315 g/mol. The van der Waals surface area contributed by atoms with Gasteiger partial charge in [-0.25, -0.2) is 0 Å². The van der Waals surface area contributed by atoms with E-state index in [0.29, 0.717) is 22.9 Å². The summed E-state index contributed by atoms with van der Waals surface area (Å²) in [6.45, 7) is 2.86. The Hall–Kier alpha value is -0.780. The molecule has 0 bridgehead atoms. The van der Waals surface area contributed by atoms with E-state index in [2.05, 4.69) is 12.2 Å². The maximum Gasteiger partial charge on any atom is 0.270 e. The predicted molar refractivity (Wildman–Crippen MR) is 84.5 cm³/mol. The fourth-order valence-electron chi connectivity index (χ4n) is 2.61. The number of nitro benzene ring substituents is 1. The van der Waals surface area contributed by atoms with Gasteiger partial charge in [-0.3, -0.25) is 10.1 Å². The standard InChI is InChI=1S/C14H19ClN2O2S/c1-2-20-14-5-3-4-13(14)16-9-10-6-7-11(17(18)19)8-12(10)15/h6-8,13-14,16H,2-5,9H2,1H3. The van der Waals surface area contributed by atoms with E-state index in [1.165, 1.54) is 31.4 Å². The number of non-ortho nitro benzene ring substituents is 1. The van der Waals surface area contributed by atoms with E-state index in [-0.39, 0.29) is 5.69 Å². The third-order valence-corrected chi connectivity index (χ3v) is 5.31. The van der Waals surface area contributed by atoms with Crippen molar-refractivity contribution in [3.05, 3.63) is 38.9 Å². The lowest BCUT2D eigenvalue weighted by molar-refractivity contribution is -0.384. The van der Waals surface area contributed by atoms with Crippen LogP contribution in [0.2, 0.25) is 5.02 Å². The van der Waals surface area contributed by atoms with Gasteiger partial charge in [-0.05, 0) is 30.2 Å². The highest BCUT2D eigenvalue weighted by Crippen LogP contribution is 2.30. The average Bonchev–Trinajstić information content (AvgIpc) is 2.85. The van der Waals surface area contributed by atoms with Gasteiger partial charge in [0, 0.05) is 30.0 Å². The molecule has 2 rings (SSSR count). The minimum absolute atomic E-state index is 0.0408. The Morgan fingerprint density at radius 3 is 2.95 bits per heavy atom. The first-order chi connectivity index (χ1) is 9.61. The summed E-state index contributed by atoms with van der Waals surface area (Å²) < 4.78 is 0. The van der Waals surface area contributed by atoms with Crippen LogP contribution in [0.15, 0.2) is 18.2 Å². The molecule has 110 valence electrons. The summed E-state index contributed by atoms with van der Waals surface area (Å²) in [6, 6.07) is 5.19. The van der Waals surface area contributed by atoms with Gasteiger partial charge in [-0.2, -0.15) is 11.8 Å². The van der Waals surface area contributed by atoms with E-state index in [1.807, 2.05) is 11.8 Å². The first-order valence-corrected chi connectivity index (χ1v) is 8.32. The van der Waals surface area contributed by atoms with Gasteiger partial charge in [0.2, 0.25) is 0 Å².